The minimum absolute atomic E-state index is 0.556. The molecule has 0 aliphatic carbocycles. The highest BCUT2D eigenvalue weighted by Crippen LogP contribution is 2.29. The number of fused-ring (bicyclic) bond motifs is 1. The van der Waals surface area contributed by atoms with Gasteiger partial charge in [0.05, 0.1) is 4.88 Å². The number of amidine groups is 1. The van der Waals surface area contributed by atoms with Crippen LogP contribution in [0.1, 0.15) is 4.88 Å². The van der Waals surface area contributed by atoms with Crippen molar-refractivity contribution in [1.82, 2.24) is 0 Å². The standard InChI is InChI=1S/C9H7N5S/c10-9(6-2-1-3-15-6)7-8(12-4-11-7)13-5-14-9/h1-5H,10H2. The summed E-state index contributed by atoms with van der Waals surface area (Å²) in [5.74, 6) is 0.556. The lowest BCUT2D eigenvalue weighted by Crippen LogP contribution is -2.46. The second-order valence-electron chi connectivity index (χ2n) is 3.16. The highest BCUT2D eigenvalue weighted by molar-refractivity contribution is 7.10. The number of hydrogen-bond acceptors (Lipinski definition) is 6. The van der Waals surface area contributed by atoms with Crippen LogP contribution in [0.15, 0.2) is 37.5 Å². The minimum Gasteiger partial charge on any atom is -0.297 e. The van der Waals surface area contributed by atoms with E-state index < -0.39 is 5.66 Å². The summed E-state index contributed by atoms with van der Waals surface area (Å²) in [7, 11) is 0. The lowest BCUT2D eigenvalue weighted by Gasteiger charge is -2.25. The van der Waals surface area contributed by atoms with Gasteiger partial charge in [0.1, 0.15) is 18.4 Å². The van der Waals surface area contributed by atoms with Gasteiger partial charge in [0, 0.05) is 0 Å². The van der Waals surface area contributed by atoms with Gasteiger partial charge in [-0.2, -0.15) is 0 Å². The van der Waals surface area contributed by atoms with Crippen molar-refractivity contribution in [1.29, 1.82) is 0 Å². The molecule has 0 aromatic carbocycles. The Morgan fingerprint density at radius 2 is 2.20 bits per heavy atom. The van der Waals surface area contributed by atoms with Crippen LogP contribution in [-0.4, -0.2) is 24.2 Å². The SMILES string of the molecule is NC1(c2cccs2)N=CN=C2N=CN=C21. The van der Waals surface area contributed by atoms with Crippen molar-refractivity contribution in [3.8, 4) is 0 Å². The molecule has 1 atom stereocenters. The third kappa shape index (κ3) is 1.12. The van der Waals surface area contributed by atoms with E-state index in [0.717, 1.165) is 4.88 Å². The van der Waals surface area contributed by atoms with Gasteiger partial charge in [-0.05, 0) is 11.4 Å². The van der Waals surface area contributed by atoms with Crippen LogP contribution in [0.5, 0.6) is 0 Å². The number of nitrogens with two attached hydrogens (primary N) is 1. The fourth-order valence-electron chi connectivity index (χ4n) is 1.54. The highest BCUT2D eigenvalue weighted by Gasteiger charge is 2.39. The van der Waals surface area contributed by atoms with Crippen molar-refractivity contribution in [3.63, 3.8) is 0 Å². The molecule has 0 fully saturated rings. The number of hydrogen-bond donors (Lipinski definition) is 1. The fraction of sp³-hybridized carbons (Fsp3) is 0.111. The second kappa shape index (κ2) is 2.91. The van der Waals surface area contributed by atoms with Gasteiger partial charge < -0.3 is 0 Å². The van der Waals surface area contributed by atoms with Gasteiger partial charge in [-0.1, -0.05) is 6.07 Å². The molecule has 0 amide bonds. The molecule has 1 aromatic rings. The largest absolute Gasteiger partial charge is 0.297 e. The predicted octanol–water partition coefficient (Wildman–Crippen LogP) is 0.783. The van der Waals surface area contributed by atoms with Crippen LogP contribution < -0.4 is 5.73 Å². The Balaban J connectivity index is 2.15. The summed E-state index contributed by atoms with van der Waals surface area (Å²) < 4.78 is 0. The van der Waals surface area contributed by atoms with E-state index in [2.05, 4.69) is 20.0 Å². The zero-order chi connectivity index (χ0) is 10.3. The molecule has 2 N–H and O–H groups in total. The van der Waals surface area contributed by atoms with E-state index in [1.807, 2.05) is 17.5 Å². The van der Waals surface area contributed by atoms with Crippen LogP contribution in [0.2, 0.25) is 0 Å². The van der Waals surface area contributed by atoms with Crippen molar-refractivity contribution in [2.75, 3.05) is 0 Å². The Labute approximate surface area is 89.8 Å². The topological polar surface area (TPSA) is 75.5 Å². The number of aliphatic imine (C=N–C) groups is 4. The van der Waals surface area contributed by atoms with E-state index in [1.54, 1.807) is 11.3 Å². The van der Waals surface area contributed by atoms with Crippen LogP contribution in [0.4, 0.5) is 0 Å². The fourth-order valence-corrected chi connectivity index (χ4v) is 2.32. The normalized spacial score (nSPS) is 27.5. The molecule has 6 heteroatoms. The molecule has 0 spiro atoms. The van der Waals surface area contributed by atoms with Crippen molar-refractivity contribution in [2.24, 2.45) is 25.7 Å². The lowest BCUT2D eigenvalue weighted by atomic mass is 10.0. The summed E-state index contributed by atoms with van der Waals surface area (Å²) >= 11 is 1.55. The van der Waals surface area contributed by atoms with Gasteiger partial charge in [0.2, 0.25) is 0 Å². The van der Waals surface area contributed by atoms with Crippen molar-refractivity contribution >= 4 is 35.6 Å². The molecule has 3 heterocycles. The van der Waals surface area contributed by atoms with E-state index in [0.29, 0.717) is 11.5 Å². The lowest BCUT2D eigenvalue weighted by molar-refractivity contribution is 0.662. The smallest absolute Gasteiger partial charge is 0.191 e. The maximum absolute atomic E-state index is 6.23. The van der Waals surface area contributed by atoms with Gasteiger partial charge in [0.15, 0.2) is 11.5 Å². The van der Waals surface area contributed by atoms with E-state index in [1.165, 1.54) is 12.7 Å². The molecule has 0 radical (unpaired) electrons. The maximum Gasteiger partial charge on any atom is 0.191 e. The summed E-state index contributed by atoms with van der Waals surface area (Å²) in [4.78, 5) is 17.3. The van der Waals surface area contributed by atoms with Gasteiger partial charge in [-0.25, -0.2) is 20.0 Å². The Morgan fingerprint density at radius 3 is 3.00 bits per heavy atom. The Morgan fingerprint density at radius 1 is 1.27 bits per heavy atom. The Bertz CT molecular complexity index is 511. The first-order valence-electron chi connectivity index (χ1n) is 4.36. The zero-order valence-corrected chi connectivity index (χ0v) is 8.48. The first-order chi connectivity index (χ1) is 7.31. The van der Waals surface area contributed by atoms with Crippen LogP contribution in [-0.2, 0) is 5.66 Å². The quantitative estimate of drug-likeness (QED) is 0.741. The molecule has 74 valence electrons. The van der Waals surface area contributed by atoms with Gasteiger partial charge in [-0.3, -0.25) is 5.73 Å². The molecule has 2 aliphatic rings. The third-order valence-electron chi connectivity index (χ3n) is 2.28. The molecule has 1 unspecified atom stereocenters. The van der Waals surface area contributed by atoms with Crippen LogP contribution in [0.3, 0.4) is 0 Å². The molecular formula is C9H7N5S. The van der Waals surface area contributed by atoms with E-state index in [-0.39, 0.29) is 0 Å². The van der Waals surface area contributed by atoms with Gasteiger partial charge in [0.25, 0.3) is 0 Å². The number of rotatable bonds is 1. The van der Waals surface area contributed by atoms with Crippen LogP contribution in [0.25, 0.3) is 0 Å². The molecule has 3 rings (SSSR count). The summed E-state index contributed by atoms with van der Waals surface area (Å²) in [6, 6.07) is 3.87. The summed E-state index contributed by atoms with van der Waals surface area (Å²) in [6.45, 7) is 0. The van der Waals surface area contributed by atoms with E-state index in [4.69, 9.17) is 5.73 Å². The third-order valence-corrected chi connectivity index (χ3v) is 3.27. The zero-order valence-electron chi connectivity index (χ0n) is 7.66. The van der Waals surface area contributed by atoms with E-state index in [9.17, 15) is 0 Å². The van der Waals surface area contributed by atoms with Crippen LogP contribution >= 0.6 is 11.3 Å². The first kappa shape index (κ1) is 8.63. The minimum atomic E-state index is -0.915. The molecule has 0 saturated carbocycles. The van der Waals surface area contributed by atoms with Crippen molar-refractivity contribution < 1.29 is 0 Å². The first-order valence-corrected chi connectivity index (χ1v) is 5.24. The molecule has 15 heavy (non-hydrogen) atoms. The Hall–Kier alpha value is -1.66. The number of nitrogens with zero attached hydrogens (tertiary/aromatic N) is 4. The molecule has 5 nitrogen and oxygen atoms in total. The van der Waals surface area contributed by atoms with E-state index >= 15 is 0 Å². The Kier molecular flexibility index (Phi) is 1.68. The van der Waals surface area contributed by atoms with Crippen molar-refractivity contribution in [3.05, 3.63) is 22.4 Å². The van der Waals surface area contributed by atoms with Gasteiger partial charge in [-0.15, -0.1) is 11.3 Å². The summed E-state index contributed by atoms with van der Waals surface area (Å²) in [5, 5.41) is 1.96. The number of thiophene rings is 1. The maximum atomic E-state index is 6.23. The second-order valence-corrected chi connectivity index (χ2v) is 4.11. The molecule has 1 aromatic heterocycles. The van der Waals surface area contributed by atoms with Gasteiger partial charge >= 0.3 is 0 Å². The average Bonchev–Trinajstić information content (AvgIpc) is 2.89. The molecular weight excluding hydrogens is 210 g/mol. The average molecular weight is 217 g/mol. The summed E-state index contributed by atoms with van der Waals surface area (Å²) in [6.07, 6.45) is 2.90. The highest BCUT2D eigenvalue weighted by atomic mass is 32.1. The monoisotopic (exact) mass is 217 g/mol. The van der Waals surface area contributed by atoms with Crippen LogP contribution in [0, 0.1) is 0 Å². The van der Waals surface area contributed by atoms with Crippen molar-refractivity contribution in [2.45, 2.75) is 5.66 Å². The molecule has 2 aliphatic heterocycles. The predicted molar refractivity (Wildman–Crippen MR) is 62.0 cm³/mol. The molecule has 0 bridgehead atoms. The molecule has 0 saturated heterocycles. The summed E-state index contributed by atoms with van der Waals surface area (Å²) in [5.41, 5.74) is 5.93.